The summed E-state index contributed by atoms with van der Waals surface area (Å²) in [7, 11) is -2.19. The number of carbonyl (C=O) groups excluding carboxylic acids is 2. The van der Waals surface area contributed by atoms with E-state index in [0.717, 1.165) is 6.42 Å². The normalized spacial score (nSPS) is 20.1. The quantitative estimate of drug-likeness (QED) is 0.783. The minimum atomic E-state index is -3.91. The first-order valence-electron chi connectivity index (χ1n) is 9.41. The van der Waals surface area contributed by atoms with Crippen LogP contribution in [0.5, 0.6) is 0 Å². The molecule has 2 aliphatic rings. The van der Waals surface area contributed by atoms with Crippen LogP contribution < -0.4 is 10.6 Å². The lowest BCUT2D eigenvalue weighted by Crippen LogP contribution is -2.42. The number of fused-ring (bicyclic) bond motifs is 1. The van der Waals surface area contributed by atoms with E-state index in [1.165, 1.54) is 4.31 Å². The van der Waals surface area contributed by atoms with E-state index in [1.54, 1.807) is 47.9 Å². The molecule has 10 heteroatoms. The highest BCUT2D eigenvalue weighted by Gasteiger charge is 2.38. The topological polar surface area (TPSA) is 119 Å². The number of carbonyl (C=O) groups is 2. The first-order chi connectivity index (χ1) is 13.7. The van der Waals surface area contributed by atoms with Crippen molar-refractivity contribution in [3.63, 3.8) is 0 Å². The summed E-state index contributed by atoms with van der Waals surface area (Å²) in [6.07, 6.45) is 2.93. The monoisotopic (exact) mass is 417 g/mol. The van der Waals surface area contributed by atoms with E-state index in [0.29, 0.717) is 35.5 Å². The van der Waals surface area contributed by atoms with Gasteiger partial charge >= 0.3 is 0 Å². The molecule has 9 nitrogen and oxygen atoms in total. The summed E-state index contributed by atoms with van der Waals surface area (Å²) in [5, 5.41) is 4.29. The molecule has 0 unspecified atom stereocenters. The molecule has 1 aromatic heterocycles. The molecule has 2 amide bonds. The lowest BCUT2D eigenvalue weighted by molar-refractivity contribution is -0.120. The van der Waals surface area contributed by atoms with Crippen LogP contribution in [0.3, 0.4) is 0 Å². The molecule has 4 rings (SSSR count). The Hall–Kier alpha value is -2.72. The number of benzene rings is 1. The molecule has 0 radical (unpaired) electrons. The Bertz CT molecular complexity index is 1110. The van der Waals surface area contributed by atoms with E-state index < -0.39 is 21.8 Å². The van der Waals surface area contributed by atoms with Crippen molar-refractivity contribution in [2.45, 2.75) is 37.1 Å². The molecule has 3 heterocycles. The highest BCUT2D eigenvalue weighted by molar-refractivity contribution is 7.89. The van der Waals surface area contributed by atoms with Crippen molar-refractivity contribution in [3.05, 3.63) is 41.2 Å². The number of sulfonamides is 1. The van der Waals surface area contributed by atoms with Gasteiger partial charge in [0.1, 0.15) is 0 Å². The number of aryl methyl sites for hydroxylation is 2. The first kappa shape index (κ1) is 19.6. The summed E-state index contributed by atoms with van der Waals surface area (Å²) in [5.41, 5.74) is 7.87. The molecular formula is C19H23N5O4S. The summed E-state index contributed by atoms with van der Waals surface area (Å²) in [5.74, 6) is -1.43. The molecule has 0 bridgehead atoms. The van der Waals surface area contributed by atoms with Crippen LogP contribution in [0.15, 0.2) is 29.3 Å². The van der Waals surface area contributed by atoms with E-state index in [4.69, 9.17) is 5.73 Å². The minimum absolute atomic E-state index is 0.0102. The predicted molar refractivity (Wildman–Crippen MR) is 106 cm³/mol. The Morgan fingerprint density at radius 3 is 2.72 bits per heavy atom. The summed E-state index contributed by atoms with van der Waals surface area (Å²) in [6, 6.07) is 5.02. The zero-order chi connectivity index (χ0) is 20.9. The number of nitrogens with two attached hydrogens (primary N) is 1. The summed E-state index contributed by atoms with van der Waals surface area (Å²) >= 11 is 0. The average Bonchev–Trinajstić information content (AvgIpc) is 3.25. The Kier molecular flexibility index (Phi) is 4.70. The van der Waals surface area contributed by atoms with Crippen molar-refractivity contribution in [3.8, 4) is 0 Å². The van der Waals surface area contributed by atoms with Gasteiger partial charge < -0.3 is 10.6 Å². The van der Waals surface area contributed by atoms with Crippen LogP contribution in [0.1, 0.15) is 35.6 Å². The van der Waals surface area contributed by atoms with Crippen molar-refractivity contribution in [1.82, 2.24) is 14.1 Å². The maximum absolute atomic E-state index is 13.5. The highest BCUT2D eigenvalue weighted by Crippen LogP contribution is 2.33. The molecule has 1 aromatic carbocycles. The van der Waals surface area contributed by atoms with Crippen LogP contribution >= 0.6 is 0 Å². The Balaban J connectivity index is 1.74. The molecule has 154 valence electrons. The molecule has 2 aromatic rings. The van der Waals surface area contributed by atoms with Crippen LogP contribution in [0.25, 0.3) is 0 Å². The smallest absolute Gasteiger partial charge is 0.243 e. The third kappa shape index (κ3) is 3.32. The summed E-state index contributed by atoms with van der Waals surface area (Å²) < 4.78 is 29.8. The van der Waals surface area contributed by atoms with Crippen LogP contribution in [0.4, 0.5) is 5.69 Å². The minimum Gasteiger partial charge on any atom is -0.369 e. The largest absolute Gasteiger partial charge is 0.369 e. The van der Waals surface area contributed by atoms with Gasteiger partial charge in [0.25, 0.3) is 0 Å². The maximum atomic E-state index is 13.5. The SMILES string of the molecule is Cc1ccc(N2CCCC2=O)cc1S(=O)(=O)N1Cc2cn(C)nc2[C@H](C(N)=O)C1. The van der Waals surface area contributed by atoms with E-state index >= 15 is 0 Å². The van der Waals surface area contributed by atoms with Gasteiger partial charge in [-0.25, -0.2) is 8.42 Å². The second kappa shape index (κ2) is 6.96. The molecule has 0 saturated carbocycles. The molecule has 2 N–H and O–H groups in total. The number of hydrogen-bond donors (Lipinski definition) is 1. The Morgan fingerprint density at radius 2 is 2.07 bits per heavy atom. The predicted octanol–water partition coefficient (Wildman–Crippen LogP) is 0.629. The van der Waals surface area contributed by atoms with E-state index in [1.807, 2.05) is 0 Å². The second-order valence-corrected chi connectivity index (χ2v) is 9.47. The number of anilines is 1. The van der Waals surface area contributed by atoms with E-state index in [-0.39, 0.29) is 23.9 Å². The molecule has 29 heavy (non-hydrogen) atoms. The first-order valence-corrected chi connectivity index (χ1v) is 10.9. The fourth-order valence-corrected chi connectivity index (χ4v) is 5.69. The molecule has 0 aliphatic carbocycles. The van der Waals surface area contributed by atoms with Gasteiger partial charge in [0.15, 0.2) is 0 Å². The fourth-order valence-electron chi connectivity index (χ4n) is 4.02. The number of aromatic nitrogens is 2. The third-order valence-corrected chi connectivity index (χ3v) is 7.47. The van der Waals surface area contributed by atoms with Gasteiger partial charge in [0, 0.05) is 50.6 Å². The molecule has 2 aliphatic heterocycles. The van der Waals surface area contributed by atoms with Gasteiger partial charge in [0.2, 0.25) is 21.8 Å². The average molecular weight is 417 g/mol. The summed E-state index contributed by atoms with van der Waals surface area (Å²) in [6.45, 7) is 2.34. The number of primary amides is 1. The van der Waals surface area contributed by atoms with Gasteiger partial charge in [-0.1, -0.05) is 6.07 Å². The van der Waals surface area contributed by atoms with E-state index in [9.17, 15) is 18.0 Å². The number of rotatable bonds is 4. The van der Waals surface area contributed by atoms with Gasteiger partial charge in [-0.2, -0.15) is 9.40 Å². The van der Waals surface area contributed by atoms with Gasteiger partial charge in [0.05, 0.1) is 16.5 Å². The van der Waals surface area contributed by atoms with E-state index in [2.05, 4.69) is 5.10 Å². The highest BCUT2D eigenvalue weighted by atomic mass is 32.2. The molecular weight excluding hydrogens is 394 g/mol. The van der Waals surface area contributed by atoms with Crippen molar-refractivity contribution < 1.29 is 18.0 Å². The lowest BCUT2D eigenvalue weighted by atomic mass is 9.98. The molecule has 0 spiro atoms. The van der Waals surface area contributed by atoms with Crippen molar-refractivity contribution in [2.24, 2.45) is 12.8 Å². The Labute approximate surface area is 169 Å². The van der Waals surface area contributed by atoms with Crippen molar-refractivity contribution in [2.75, 3.05) is 18.0 Å². The summed E-state index contributed by atoms with van der Waals surface area (Å²) in [4.78, 5) is 25.8. The van der Waals surface area contributed by atoms with Crippen molar-refractivity contribution >= 4 is 27.5 Å². The van der Waals surface area contributed by atoms with Crippen LogP contribution in [0.2, 0.25) is 0 Å². The van der Waals surface area contributed by atoms with Crippen LogP contribution in [0, 0.1) is 6.92 Å². The lowest BCUT2D eigenvalue weighted by Gasteiger charge is -2.30. The zero-order valence-corrected chi connectivity index (χ0v) is 17.1. The molecule has 1 fully saturated rings. The van der Waals surface area contributed by atoms with Crippen LogP contribution in [-0.2, 0) is 33.2 Å². The zero-order valence-electron chi connectivity index (χ0n) is 16.3. The van der Waals surface area contributed by atoms with Gasteiger partial charge in [-0.15, -0.1) is 0 Å². The Morgan fingerprint density at radius 1 is 1.31 bits per heavy atom. The van der Waals surface area contributed by atoms with Gasteiger partial charge in [-0.3, -0.25) is 14.3 Å². The fraction of sp³-hybridized carbons (Fsp3) is 0.421. The molecule has 1 saturated heterocycles. The number of hydrogen-bond acceptors (Lipinski definition) is 5. The maximum Gasteiger partial charge on any atom is 0.243 e. The number of amides is 2. The van der Waals surface area contributed by atoms with Crippen molar-refractivity contribution in [1.29, 1.82) is 0 Å². The second-order valence-electron chi connectivity index (χ2n) is 7.56. The molecule has 1 atom stereocenters. The van der Waals surface area contributed by atoms with Crippen LogP contribution in [-0.4, -0.2) is 47.4 Å². The standard InChI is InChI=1S/C19H23N5O4S/c1-12-5-6-14(24-7-3-4-17(24)25)8-16(12)29(27,28)23-10-13-9-22(2)21-18(13)15(11-23)19(20)26/h5-6,8-9,15H,3-4,7,10-11H2,1-2H3,(H2,20,26)/t15-/m1/s1. The third-order valence-electron chi connectivity index (χ3n) is 5.52. The van der Waals surface area contributed by atoms with Gasteiger partial charge in [-0.05, 0) is 31.0 Å². The number of nitrogens with zero attached hydrogens (tertiary/aromatic N) is 4.